The van der Waals surface area contributed by atoms with Gasteiger partial charge in [0.25, 0.3) is 5.23 Å². The van der Waals surface area contributed by atoms with Gasteiger partial charge in [0.05, 0.1) is 5.69 Å². The molecule has 23 heavy (non-hydrogen) atoms. The molecule has 1 fully saturated rings. The number of thioether (sulfide) groups is 1. The van der Waals surface area contributed by atoms with Crippen LogP contribution in [0.2, 0.25) is 0 Å². The van der Waals surface area contributed by atoms with Gasteiger partial charge in [-0.2, -0.15) is 0 Å². The van der Waals surface area contributed by atoms with Crippen LogP contribution in [0, 0.1) is 5.41 Å². The van der Waals surface area contributed by atoms with E-state index in [1.165, 1.54) is 11.8 Å². The van der Waals surface area contributed by atoms with Gasteiger partial charge in [-0.1, -0.05) is 32.0 Å². The molecule has 120 valence electrons. The average molecular weight is 329 g/mol. The number of ketones is 1. The Hall–Kier alpha value is -1.75. The zero-order valence-electron chi connectivity index (χ0n) is 13.3. The highest BCUT2D eigenvalue weighted by atomic mass is 32.2. The van der Waals surface area contributed by atoms with Crippen LogP contribution < -0.4 is 0 Å². The molecule has 3 aliphatic rings. The van der Waals surface area contributed by atoms with Gasteiger partial charge in [-0.25, -0.2) is 4.99 Å². The van der Waals surface area contributed by atoms with Crippen molar-refractivity contribution in [3.05, 3.63) is 41.7 Å². The molecule has 2 aliphatic heterocycles. The van der Waals surface area contributed by atoms with Crippen molar-refractivity contribution in [1.29, 1.82) is 0 Å². The highest BCUT2D eigenvalue weighted by Crippen LogP contribution is 2.52. The number of carbonyl (C=O) groups excluding carboxylic acids is 1. The summed E-state index contributed by atoms with van der Waals surface area (Å²) in [5, 5.41) is 0.614. The van der Waals surface area contributed by atoms with Crippen molar-refractivity contribution < 1.29 is 14.3 Å². The van der Waals surface area contributed by atoms with Crippen molar-refractivity contribution in [2.75, 3.05) is 6.61 Å². The largest absolute Gasteiger partial charge is 0.476 e. The van der Waals surface area contributed by atoms with E-state index in [-0.39, 0.29) is 11.2 Å². The molecule has 0 amide bonds. The van der Waals surface area contributed by atoms with Gasteiger partial charge in [0.1, 0.15) is 12.4 Å². The lowest BCUT2D eigenvalue weighted by atomic mass is 9.76. The van der Waals surface area contributed by atoms with Crippen molar-refractivity contribution in [2.24, 2.45) is 10.4 Å². The predicted molar refractivity (Wildman–Crippen MR) is 90.6 cm³/mol. The van der Waals surface area contributed by atoms with Crippen LogP contribution in [0.1, 0.15) is 33.1 Å². The van der Waals surface area contributed by atoms with Gasteiger partial charge in [-0.15, -0.1) is 0 Å². The van der Waals surface area contributed by atoms with E-state index in [2.05, 4.69) is 18.8 Å². The molecule has 0 saturated carbocycles. The van der Waals surface area contributed by atoms with Gasteiger partial charge in [0.15, 0.2) is 5.78 Å². The maximum absolute atomic E-state index is 12.4. The molecule has 1 aromatic rings. The predicted octanol–water partition coefficient (Wildman–Crippen LogP) is 4.20. The molecule has 1 unspecified atom stereocenters. The number of Topliss-reactive ketones (excluding diaryl/α,β-unsaturated/α-hetero) is 1. The first-order valence-corrected chi connectivity index (χ1v) is 8.66. The molecule has 0 radical (unpaired) electrons. The Kier molecular flexibility index (Phi) is 3.30. The van der Waals surface area contributed by atoms with Crippen molar-refractivity contribution in [1.82, 2.24) is 0 Å². The number of ether oxygens (including phenoxy) is 2. The molecule has 0 N–H and O–H groups in total. The molecule has 0 aromatic heterocycles. The van der Waals surface area contributed by atoms with Crippen LogP contribution in [0.4, 0.5) is 5.69 Å². The van der Waals surface area contributed by atoms with Crippen molar-refractivity contribution in [2.45, 2.75) is 38.0 Å². The van der Waals surface area contributed by atoms with Gasteiger partial charge in [0.2, 0.25) is 4.93 Å². The van der Waals surface area contributed by atoms with Crippen LogP contribution >= 0.6 is 11.8 Å². The highest BCUT2D eigenvalue weighted by Gasteiger charge is 2.52. The number of rotatable bonds is 1. The minimum atomic E-state index is -0.506. The van der Waals surface area contributed by atoms with Gasteiger partial charge >= 0.3 is 0 Å². The van der Waals surface area contributed by atoms with Crippen LogP contribution in [0.3, 0.4) is 0 Å². The molecule has 2 heterocycles. The summed E-state index contributed by atoms with van der Waals surface area (Å²) in [7, 11) is 0. The van der Waals surface area contributed by atoms with E-state index in [0.717, 1.165) is 23.4 Å². The number of benzene rings is 1. The lowest BCUT2D eigenvalue weighted by Gasteiger charge is -2.29. The Labute approximate surface area is 140 Å². The Morgan fingerprint density at radius 1 is 1.13 bits per heavy atom. The number of carbonyl (C=O) groups is 1. The Morgan fingerprint density at radius 3 is 2.70 bits per heavy atom. The van der Waals surface area contributed by atoms with E-state index in [1.54, 1.807) is 0 Å². The molecule has 4 nitrogen and oxygen atoms in total. The number of hydrogen-bond acceptors (Lipinski definition) is 5. The number of hydrogen-bond donors (Lipinski definition) is 0. The fourth-order valence-electron chi connectivity index (χ4n) is 3.32. The minimum absolute atomic E-state index is 0.0213. The van der Waals surface area contributed by atoms with Crippen LogP contribution in [-0.4, -0.2) is 22.6 Å². The number of para-hydroxylation sites is 1. The molecule has 1 saturated heterocycles. The molecule has 1 spiro atoms. The summed E-state index contributed by atoms with van der Waals surface area (Å²) in [4.78, 5) is 16.4. The normalized spacial score (nSPS) is 30.5. The molecular weight excluding hydrogens is 310 g/mol. The molecule has 4 rings (SSSR count). The monoisotopic (exact) mass is 329 g/mol. The van der Waals surface area contributed by atoms with Crippen LogP contribution in [0.25, 0.3) is 0 Å². The van der Waals surface area contributed by atoms with Crippen LogP contribution in [-0.2, 0) is 14.3 Å². The maximum Gasteiger partial charge on any atom is 0.255 e. The molecular formula is C18H19NO3S. The zero-order valence-corrected chi connectivity index (χ0v) is 14.1. The first-order chi connectivity index (χ1) is 10.9. The summed E-state index contributed by atoms with van der Waals surface area (Å²) in [5.74, 6) is 1.09. The smallest absolute Gasteiger partial charge is 0.255 e. The fraction of sp³-hybridized carbons (Fsp3) is 0.444. The quantitative estimate of drug-likeness (QED) is 0.775. The Balaban J connectivity index is 1.53. The summed E-state index contributed by atoms with van der Waals surface area (Å²) in [5.41, 5.74) is 1.70. The second-order valence-electron chi connectivity index (χ2n) is 7.14. The number of nitrogens with zero attached hydrogens (tertiary/aromatic N) is 1. The summed E-state index contributed by atoms with van der Waals surface area (Å²) >= 11 is 1.50. The second kappa shape index (κ2) is 5.13. The standard InChI is InChI=1S/C18H19NO3S/c1-17(2)9-14(20)13-8-18(22-15(13)10-17)11-21-16(23-18)19-12-6-4-3-5-7-12/h3-7H,8-11H2,1-2H3. The molecule has 1 aromatic carbocycles. The average Bonchev–Trinajstić information content (AvgIpc) is 3.03. The van der Waals surface area contributed by atoms with Crippen molar-refractivity contribution >= 4 is 28.5 Å². The Morgan fingerprint density at radius 2 is 1.91 bits per heavy atom. The number of aliphatic imine (C=N–C) groups is 1. The van der Waals surface area contributed by atoms with Gasteiger partial charge in [0, 0.05) is 24.8 Å². The second-order valence-corrected chi connectivity index (χ2v) is 8.43. The summed E-state index contributed by atoms with van der Waals surface area (Å²) in [6, 6.07) is 9.72. The first-order valence-electron chi connectivity index (χ1n) is 7.85. The van der Waals surface area contributed by atoms with E-state index in [9.17, 15) is 4.79 Å². The molecule has 1 aliphatic carbocycles. The minimum Gasteiger partial charge on any atom is -0.476 e. The lowest BCUT2D eigenvalue weighted by Crippen LogP contribution is -2.25. The maximum atomic E-state index is 12.4. The van der Waals surface area contributed by atoms with E-state index < -0.39 is 4.93 Å². The van der Waals surface area contributed by atoms with Crippen molar-refractivity contribution in [3.63, 3.8) is 0 Å². The van der Waals surface area contributed by atoms with E-state index in [0.29, 0.717) is 24.7 Å². The third-order valence-electron chi connectivity index (χ3n) is 4.37. The fourth-order valence-corrected chi connectivity index (χ4v) is 4.38. The van der Waals surface area contributed by atoms with Crippen LogP contribution in [0.15, 0.2) is 46.7 Å². The molecule has 0 bridgehead atoms. The summed E-state index contributed by atoms with van der Waals surface area (Å²) in [6.07, 6.45) is 2.04. The van der Waals surface area contributed by atoms with Gasteiger partial charge in [-0.3, -0.25) is 4.79 Å². The van der Waals surface area contributed by atoms with Crippen LogP contribution in [0.5, 0.6) is 0 Å². The SMILES string of the molecule is CC1(C)CC(=O)C2=C(C1)OC1(COC(=Nc3ccccc3)S1)C2. The molecule has 5 heteroatoms. The Bertz CT molecular complexity index is 723. The third kappa shape index (κ3) is 2.78. The van der Waals surface area contributed by atoms with E-state index in [4.69, 9.17) is 9.47 Å². The van der Waals surface area contributed by atoms with Crippen molar-refractivity contribution in [3.8, 4) is 0 Å². The summed E-state index contributed by atoms with van der Waals surface area (Å²) < 4.78 is 11.9. The highest BCUT2D eigenvalue weighted by molar-refractivity contribution is 8.14. The third-order valence-corrected chi connectivity index (χ3v) is 5.47. The first kappa shape index (κ1) is 14.8. The van der Waals surface area contributed by atoms with Gasteiger partial charge in [-0.05, 0) is 29.3 Å². The molecule has 1 atom stereocenters. The van der Waals surface area contributed by atoms with Gasteiger partial charge < -0.3 is 9.47 Å². The number of allylic oxidation sites excluding steroid dienone is 1. The lowest BCUT2D eigenvalue weighted by molar-refractivity contribution is -0.118. The van der Waals surface area contributed by atoms with E-state index in [1.807, 2.05) is 30.3 Å². The zero-order chi connectivity index (χ0) is 16.1. The summed E-state index contributed by atoms with van der Waals surface area (Å²) in [6.45, 7) is 4.66. The topological polar surface area (TPSA) is 47.9 Å². The van der Waals surface area contributed by atoms with E-state index >= 15 is 0 Å².